The van der Waals surface area contributed by atoms with Crippen molar-refractivity contribution in [2.45, 2.75) is 85.0 Å². The van der Waals surface area contributed by atoms with E-state index in [2.05, 4.69) is 32.9 Å². The number of aliphatic carboxylic acids is 1. The van der Waals surface area contributed by atoms with Crippen LogP contribution in [0.1, 0.15) is 85.0 Å². The lowest BCUT2D eigenvalue weighted by molar-refractivity contribution is -0.172. The summed E-state index contributed by atoms with van der Waals surface area (Å²) in [5.41, 5.74) is 1.14. The molecule has 0 saturated heterocycles. The zero-order chi connectivity index (χ0) is 20.2. The molecular formula is C24H36O4. The molecule has 28 heavy (non-hydrogen) atoms. The zero-order valence-electron chi connectivity index (χ0n) is 17.8. The van der Waals surface area contributed by atoms with Crippen molar-refractivity contribution in [3.8, 4) is 0 Å². The first kappa shape index (κ1) is 20.0. The maximum atomic E-state index is 12.0. The summed E-state index contributed by atoms with van der Waals surface area (Å²) in [6, 6.07) is 0. The number of fused-ring (bicyclic) bond motifs is 3. The van der Waals surface area contributed by atoms with Gasteiger partial charge in [0.05, 0.1) is 19.4 Å². The smallest absolute Gasteiger partial charge is 0.306 e. The molecule has 4 rings (SSSR count). The fraction of sp³-hybridized carbons (Fsp3) is 0.833. The molecule has 4 aliphatic rings. The molecular weight excluding hydrogens is 352 g/mol. The van der Waals surface area contributed by atoms with Gasteiger partial charge < -0.3 is 9.84 Å². The molecule has 0 aromatic rings. The number of rotatable bonds is 5. The predicted molar refractivity (Wildman–Crippen MR) is 108 cm³/mol. The largest absolute Gasteiger partial charge is 0.481 e. The Morgan fingerprint density at radius 2 is 1.75 bits per heavy atom. The van der Waals surface area contributed by atoms with Gasteiger partial charge in [0.25, 0.3) is 0 Å². The lowest BCUT2D eigenvalue weighted by Gasteiger charge is -2.64. The molecule has 0 aliphatic heterocycles. The highest BCUT2D eigenvalue weighted by Crippen LogP contribution is 2.71. The van der Waals surface area contributed by atoms with Crippen molar-refractivity contribution < 1.29 is 19.4 Å². The van der Waals surface area contributed by atoms with Crippen LogP contribution >= 0.6 is 0 Å². The van der Waals surface area contributed by atoms with E-state index in [1.165, 1.54) is 44.9 Å². The highest BCUT2D eigenvalue weighted by Gasteiger charge is 2.63. The Labute approximate surface area is 169 Å². The van der Waals surface area contributed by atoms with E-state index in [0.29, 0.717) is 28.8 Å². The van der Waals surface area contributed by atoms with Gasteiger partial charge in [-0.3, -0.25) is 9.59 Å². The van der Waals surface area contributed by atoms with Crippen molar-refractivity contribution in [1.29, 1.82) is 0 Å². The van der Waals surface area contributed by atoms with E-state index in [0.717, 1.165) is 12.3 Å². The third kappa shape index (κ3) is 3.11. The van der Waals surface area contributed by atoms with E-state index in [1.54, 1.807) is 0 Å². The number of carbonyl (C=O) groups is 2. The minimum absolute atomic E-state index is 0.0105. The van der Waals surface area contributed by atoms with E-state index in [4.69, 9.17) is 9.84 Å². The van der Waals surface area contributed by atoms with Crippen molar-refractivity contribution in [3.05, 3.63) is 12.2 Å². The normalized spacial score (nSPS) is 46.5. The number of esters is 1. The molecule has 2 bridgehead atoms. The maximum Gasteiger partial charge on any atom is 0.306 e. The predicted octanol–water partition coefficient (Wildman–Crippen LogP) is 5.36. The molecule has 6 atom stereocenters. The Hall–Kier alpha value is -1.32. The van der Waals surface area contributed by atoms with E-state index >= 15 is 0 Å². The highest BCUT2D eigenvalue weighted by molar-refractivity contribution is 5.76. The number of carboxylic acid groups (broad SMARTS) is 1. The molecule has 3 fully saturated rings. The fourth-order valence-electron chi connectivity index (χ4n) is 7.97. The Morgan fingerprint density at radius 3 is 2.50 bits per heavy atom. The minimum atomic E-state index is -0.945. The number of allylic oxidation sites excluding steroid dienone is 2. The van der Waals surface area contributed by atoms with Crippen molar-refractivity contribution in [2.24, 2.45) is 33.5 Å². The number of carbonyl (C=O) groups excluding carboxylic acids is 1. The molecule has 3 saturated carbocycles. The molecule has 4 nitrogen and oxygen atoms in total. The van der Waals surface area contributed by atoms with Crippen molar-refractivity contribution in [1.82, 2.24) is 0 Å². The monoisotopic (exact) mass is 388 g/mol. The molecule has 1 N–H and O–H groups in total. The second-order valence-corrected chi connectivity index (χ2v) is 11.1. The van der Waals surface area contributed by atoms with Crippen LogP contribution in [0.2, 0.25) is 0 Å². The Bertz CT molecular complexity index is 699. The van der Waals surface area contributed by atoms with E-state index < -0.39 is 5.97 Å². The number of hydrogen-bond donors (Lipinski definition) is 1. The molecule has 156 valence electrons. The average Bonchev–Trinajstić information content (AvgIpc) is 2.87. The Morgan fingerprint density at radius 1 is 1.00 bits per heavy atom. The van der Waals surface area contributed by atoms with Crippen LogP contribution in [0.25, 0.3) is 0 Å². The first-order valence-electron chi connectivity index (χ1n) is 11.2. The van der Waals surface area contributed by atoms with Crippen LogP contribution < -0.4 is 0 Å². The van der Waals surface area contributed by atoms with Gasteiger partial charge in [0, 0.05) is 5.41 Å². The Balaban J connectivity index is 1.50. The topological polar surface area (TPSA) is 63.6 Å². The van der Waals surface area contributed by atoms with Crippen LogP contribution in [-0.4, -0.2) is 23.7 Å². The number of carboxylic acids is 1. The van der Waals surface area contributed by atoms with E-state index in [9.17, 15) is 9.59 Å². The highest BCUT2D eigenvalue weighted by atomic mass is 16.5. The van der Waals surface area contributed by atoms with Gasteiger partial charge in [-0.05, 0) is 73.0 Å². The van der Waals surface area contributed by atoms with Crippen molar-refractivity contribution in [2.75, 3.05) is 6.61 Å². The third-order valence-corrected chi connectivity index (χ3v) is 9.15. The van der Waals surface area contributed by atoms with Crippen molar-refractivity contribution in [3.63, 3.8) is 0 Å². The summed E-state index contributed by atoms with van der Waals surface area (Å²) in [7, 11) is 0. The molecule has 4 heteroatoms. The molecule has 0 aromatic carbocycles. The van der Waals surface area contributed by atoms with Crippen LogP contribution in [-0.2, 0) is 14.3 Å². The van der Waals surface area contributed by atoms with Gasteiger partial charge in [-0.15, -0.1) is 0 Å². The van der Waals surface area contributed by atoms with Crippen LogP contribution in [0.15, 0.2) is 12.2 Å². The van der Waals surface area contributed by atoms with Gasteiger partial charge in [0.1, 0.15) is 0 Å². The summed E-state index contributed by atoms with van der Waals surface area (Å²) >= 11 is 0. The second kappa shape index (κ2) is 6.60. The summed E-state index contributed by atoms with van der Waals surface area (Å²) in [6.07, 6.45) is 15.0. The van der Waals surface area contributed by atoms with Crippen LogP contribution in [0, 0.1) is 33.5 Å². The Kier molecular flexibility index (Phi) is 4.71. The molecule has 4 aliphatic carbocycles. The average molecular weight is 389 g/mol. The summed E-state index contributed by atoms with van der Waals surface area (Å²) < 4.78 is 5.62. The van der Waals surface area contributed by atoms with Gasteiger partial charge in [0.2, 0.25) is 0 Å². The van der Waals surface area contributed by atoms with Crippen molar-refractivity contribution >= 4 is 11.9 Å². The molecule has 0 radical (unpaired) electrons. The second-order valence-electron chi connectivity index (χ2n) is 11.1. The standard InChI is InChI=1S/C24H36O4/c1-21-11-7-18-23(3)10-4-9-22(2,16-28-20(27)6-5-19(25)26)17(23)8-12-24(18,15-21)14-13-21/h13-14,17-18H,4-12,15-16H2,1-3H3,(H,25,26)/t17-,18+,21-,22+,23-,24+/m1/s1. The molecule has 0 amide bonds. The summed E-state index contributed by atoms with van der Waals surface area (Å²) in [6.45, 7) is 7.72. The van der Waals surface area contributed by atoms with Gasteiger partial charge >= 0.3 is 11.9 Å². The van der Waals surface area contributed by atoms with Gasteiger partial charge in [-0.1, -0.05) is 39.3 Å². The fourth-order valence-corrected chi connectivity index (χ4v) is 7.97. The van der Waals surface area contributed by atoms with E-state index in [-0.39, 0.29) is 24.2 Å². The lowest BCUT2D eigenvalue weighted by Crippen LogP contribution is -2.58. The minimum Gasteiger partial charge on any atom is -0.481 e. The number of hydrogen-bond acceptors (Lipinski definition) is 3. The van der Waals surface area contributed by atoms with Crippen LogP contribution in [0.4, 0.5) is 0 Å². The van der Waals surface area contributed by atoms with Gasteiger partial charge in [0.15, 0.2) is 0 Å². The molecule has 0 heterocycles. The molecule has 0 aromatic heterocycles. The van der Waals surface area contributed by atoms with E-state index in [1.807, 2.05) is 0 Å². The first-order chi connectivity index (χ1) is 13.1. The molecule has 0 unspecified atom stereocenters. The van der Waals surface area contributed by atoms with Gasteiger partial charge in [-0.25, -0.2) is 0 Å². The summed E-state index contributed by atoms with van der Waals surface area (Å²) in [4.78, 5) is 22.8. The quantitative estimate of drug-likeness (QED) is 0.508. The van der Waals surface area contributed by atoms with Crippen LogP contribution in [0.3, 0.4) is 0 Å². The third-order valence-electron chi connectivity index (χ3n) is 9.15. The first-order valence-corrected chi connectivity index (χ1v) is 11.2. The zero-order valence-corrected chi connectivity index (χ0v) is 17.8. The number of ether oxygens (including phenoxy) is 1. The lowest BCUT2D eigenvalue weighted by atomic mass is 9.40. The summed E-state index contributed by atoms with van der Waals surface area (Å²) in [5, 5.41) is 8.78. The SMILES string of the molecule is C[C@]12C=C[C@@]3(CC[C@@H]4[C@](C)(COC(=O)CCC(=O)O)CCC[C@@]4(C)[C@@H]3CC1)C2. The van der Waals surface area contributed by atoms with Gasteiger partial charge in [-0.2, -0.15) is 0 Å². The maximum absolute atomic E-state index is 12.0. The van der Waals surface area contributed by atoms with Crippen LogP contribution in [0.5, 0.6) is 0 Å². The molecule has 1 spiro atoms. The summed E-state index contributed by atoms with van der Waals surface area (Å²) in [5.74, 6) is 0.0122.